The maximum absolute atomic E-state index is 3.87. The number of unbranched alkanes of at least 4 members (excludes halogenated alkanes) is 13. The van der Waals surface area contributed by atoms with E-state index in [0.717, 1.165) is 6.42 Å². The molecule has 0 aliphatic heterocycles. The van der Waals surface area contributed by atoms with Crippen molar-refractivity contribution in [3.05, 3.63) is 6.92 Å². The van der Waals surface area contributed by atoms with Crippen molar-refractivity contribution in [1.29, 1.82) is 0 Å². The summed E-state index contributed by atoms with van der Waals surface area (Å²) in [5.74, 6) is 0. The number of hydrogen-bond acceptors (Lipinski definition) is 0. The summed E-state index contributed by atoms with van der Waals surface area (Å²) in [4.78, 5) is 0. The molecule has 0 saturated heterocycles. The first-order valence-corrected chi connectivity index (χ1v) is 7.71. The fourth-order valence-electron chi connectivity index (χ4n) is 2.19. The Hall–Kier alpha value is 1.48. The summed E-state index contributed by atoms with van der Waals surface area (Å²) in [6.07, 6.45) is 19.8. The van der Waals surface area contributed by atoms with Crippen LogP contribution in [0.2, 0.25) is 0 Å². The van der Waals surface area contributed by atoms with Crippen molar-refractivity contribution in [2.45, 2.75) is 96.8 Å². The molecule has 0 amide bonds. The van der Waals surface area contributed by atoms with Gasteiger partial charge in [-0.3, -0.25) is 0 Å². The maximum atomic E-state index is 3.87. The Morgan fingerprint density at radius 1 is 0.556 bits per heavy atom. The zero-order valence-electron chi connectivity index (χ0n) is 13.0. The summed E-state index contributed by atoms with van der Waals surface area (Å²) in [6, 6.07) is 0. The van der Waals surface area contributed by atoms with Crippen molar-refractivity contribution in [2.75, 3.05) is 0 Å². The molecule has 0 atom stereocenters. The monoisotopic (exact) mass is 328 g/mol. The van der Waals surface area contributed by atoms with E-state index in [1.54, 1.807) is 0 Å². The smallest absolute Gasteiger partial charge is 0.343 e. The average Bonchev–Trinajstić information content (AvgIpc) is 2.31. The molecule has 2 heteroatoms. The summed E-state index contributed by atoms with van der Waals surface area (Å²) in [5, 5.41) is 0. The Kier molecular flexibility index (Phi) is 32.1. The van der Waals surface area contributed by atoms with Crippen LogP contribution in [0.3, 0.4) is 0 Å². The van der Waals surface area contributed by atoms with E-state index in [2.05, 4.69) is 13.8 Å². The van der Waals surface area contributed by atoms with Crippen molar-refractivity contribution in [1.82, 2.24) is 0 Å². The van der Waals surface area contributed by atoms with Crippen LogP contribution >= 0.6 is 17.0 Å². The van der Waals surface area contributed by atoms with E-state index >= 15 is 0 Å². The third-order valence-corrected chi connectivity index (χ3v) is 3.35. The van der Waals surface area contributed by atoms with E-state index in [4.69, 9.17) is 0 Å². The number of hydrogen-bond donors (Lipinski definition) is 0. The zero-order chi connectivity index (χ0) is 11.9. The van der Waals surface area contributed by atoms with Crippen LogP contribution in [-0.2, 0) is 0 Å². The van der Waals surface area contributed by atoms with Crippen molar-refractivity contribution in [3.8, 4) is 0 Å². The molecule has 0 bridgehead atoms. The van der Waals surface area contributed by atoms with Crippen molar-refractivity contribution in [2.24, 2.45) is 0 Å². The van der Waals surface area contributed by atoms with Crippen LogP contribution in [0.1, 0.15) is 96.8 Å². The predicted octanol–water partition coefficient (Wildman–Crippen LogP) is 3.88. The molecule has 0 aromatic carbocycles. The molecule has 0 spiro atoms. The second kappa shape index (κ2) is 23.6. The third-order valence-electron chi connectivity index (χ3n) is 3.35. The third kappa shape index (κ3) is 22.6. The van der Waals surface area contributed by atoms with Crippen molar-refractivity contribution in [3.63, 3.8) is 0 Å². The van der Waals surface area contributed by atoms with E-state index in [1.165, 1.54) is 83.5 Å². The molecule has 0 rings (SSSR count). The van der Waals surface area contributed by atoms with Gasteiger partial charge in [0.25, 0.3) is 0 Å². The quantitative estimate of drug-likeness (QED) is 0.273. The van der Waals surface area contributed by atoms with Crippen LogP contribution in [0.25, 0.3) is 0 Å². The molecule has 18 heavy (non-hydrogen) atoms. The molecular weight excluding hydrogens is 295 g/mol. The Morgan fingerprint density at radius 2 is 0.833 bits per heavy atom. The molecular formula is C16H34BrNa. The zero-order valence-corrected chi connectivity index (χ0v) is 16.7. The first-order valence-electron chi connectivity index (χ1n) is 7.71. The first kappa shape index (κ1) is 24.5. The van der Waals surface area contributed by atoms with Crippen molar-refractivity contribution >= 4 is 17.0 Å². The molecule has 106 valence electrons. The van der Waals surface area contributed by atoms with E-state index < -0.39 is 0 Å². The van der Waals surface area contributed by atoms with Crippen LogP contribution in [-0.4, -0.2) is 0 Å². The Labute approximate surface area is 149 Å². The summed E-state index contributed by atoms with van der Waals surface area (Å²) in [5.41, 5.74) is 0. The van der Waals surface area contributed by atoms with Crippen molar-refractivity contribution < 1.29 is 29.6 Å². The number of rotatable bonds is 13. The standard InChI is InChI=1S/C16H33.BrH.Na/c1-3-5-7-9-11-13-15-16-14-12-10-8-6-4-2;;/h1,3-16H2,2H3;1H;/q-1;;+1. The van der Waals surface area contributed by atoms with Gasteiger partial charge in [0.05, 0.1) is 0 Å². The molecule has 0 aromatic heterocycles. The summed E-state index contributed by atoms with van der Waals surface area (Å²) in [6.45, 7) is 6.16. The molecule has 0 aromatic rings. The fourth-order valence-corrected chi connectivity index (χ4v) is 2.19. The van der Waals surface area contributed by atoms with Gasteiger partial charge in [-0.15, -0.1) is 17.0 Å². The molecule has 0 aliphatic rings. The van der Waals surface area contributed by atoms with Gasteiger partial charge in [0.1, 0.15) is 0 Å². The topological polar surface area (TPSA) is 0 Å². The van der Waals surface area contributed by atoms with Crippen LogP contribution in [0.4, 0.5) is 0 Å². The minimum absolute atomic E-state index is 0. The second-order valence-corrected chi connectivity index (χ2v) is 5.10. The van der Waals surface area contributed by atoms with Gasteiger partial charge in [-0.25, -0.2) is 0 Å². The minimum Gasteiger partial charge on any atom is -0.343 e. The molecule has 0 unspecified atom stereocenters. The molecule has 0 saturated carbocycles. The normalized spacial score (nSPS) is 9.67. The predicted molar refractivity (Wildman–Crippen MR) is 86.0 cm³/mol. The van der Waals surface area contributed by atoms with Crippen LogP contribution < -0.4 is 29.6 Å². The van der Waals surface area contributed by atoms with Crippen LogP contribution in [0.5, 0.6) is 0 Å². The maximum Gasteiger partial charge on any atom is 1.00 e. The molecule has 0 nitrogen and oxygen atoms in total. The van der Waals surface area contributed by atoms with Gasteiger partial charge in [-0.1, -0.05) is 90.4 Å². The Morgan fingerprint density at radius 3 is 1.11 bits per heavy atom. The van der Waals surface area contributed by atoms with Gasteiger partial charge < -0.3 is 6.92 Å². The SMILES string of the molecule is Br.[CH2-]CCCCCCCCCCCCCCC.[Na+]. The second-order valence-electron chi connectivity index (χ2n) is 5.10. The summed E-state index contributed by atoms with van der Waals surface area (Å²) < 4.78 is 0. The van der Waals surface area contributed by atoms with Gasteiger partial charge in [0.2, 0.25) is 0 Å². The summed E-state index contributed by atoms with van der Waals surface area (Å²) >= 11 is 0. The summed E-state index contributed by atoms with van der Waals surface area (Å²) in [7, 11) is 0. The van der Waals surface area contributed by atoms with Gasteiger partial charge in [-0.2, -0.15) is 6.42 Å². The largest absolute Gasteiger partial charge is 1.00 e. The number of halogens is 1. The molecule has 0 N–H and O–H groups in total. The Balaban J connectivity index is -0.00000112. The van der Waals surface area contributed by atoms with E-state index in [9.17, 15) is 0 Å². The van der Waals surface area contributed by atoms with Gasteiger partial charge in [0.15, 0.2) is 0 Å². The van der Waals surface area contributed by atoms with Gasteiger partial charge >= 0.3 is 29.6 Å². The fraction of sp³-hybridized carbons (Fsp3) is 0.938. The molecule has 0 aliphatic carbocycles. The van der Waals surface area contributed by atoms with Gasteiger partial charge in [0, 0.05) is 0 Å². The molecule has 0 heterocycles. The van der Waals surface area contributed by atoms with Crippen LogP contribution in [0, 0.1) is 6.92 Å². The van der Waals surface area contributed by atoms with Crippen LogP contribution in [0.15, 0.2) is 0 Å². The first-order chi connectivity index (χ1) is 7.91. The van der Waals surface area contributed by atoms with E-state index in [-0.39, 0.29) is 46.5 Å². The molecule has 0 radical (unpaired) electrons. The Bertz CT molecular complexity index is 104. The minimum atomic E-state index is 0. The molecule has 0 fully saturated rings. The van der Waals surface area contributed by atoms with Gasteiger partial charge in [-0.05, 0) is 0 Å². The van der Waals surface area contributed by atoms with E-state index in [0.29, 0.717) is 0 Å². The average molecular weight is 329 g/mol. The van der Waals surface area contributed by atoms with E-state index in [1.807, 2.05) is 0 Å².